The Balaban J connectivity index is 1.68. The fourth-order valence-electron chi connectivity index (χ4n) is 2.39. The monoisotopic (exact) mass is 284 g/mol. The lowest BCUT2D eigenvalue weighted by molar-refractivity contribution is 0.171. The number of ether oxygens (including phenoxy) is 2. The van der Waals surface area contributed by atoms with Crippen LogP contribution < -0.4 is 14.8 Å². The van der Waals surface area contributed by atoms with Crippen LogP contribution in [0.1, 0.15) is 29.7 Å². The number of pyridine rings is 1. The zero-order valence-corrected chi connectivity index (χ0v) is 12.4. The van der Waals surface area contributed by atoms with Gasteiger partial charge in [-0.2, -0.15) is 0 Å². The van der Waals surface area contributed by atoms with Crippen LogP contribution in [0.15, 0.2) is 36.7 Å². The molecule has 0 fully saturated rings. The highest BCUT2D eigenvalue weighted by atomic mass is 16.6. The predicted octanol–water partition coefficient (Wildman–Crippen LogP) is 3.01. The van der Waals surface area contributed by atoms with Gasteiger partial charge >= 0.3 is 0 Å². The highest BCUT2D eigenvalue weighted by Crippen LogP contribution is 2.32. The Bertz CT molecular complexity index is 628. The maximum Gasteiger partial charge on any atom is 0.161 e. The SMILES string of the molecule is Cc1ccncc1CNC(C)c1ccc2c(c1)OCCO2. The summed E-state index contributed by atoms with van der Waals surface area (Å²) in [5, 5.41) is 3.53. The molecule has 4 heteroatoms. The van der Waals surface area contributed by atoms with E-state index < -0.39 is 0 Å². The Kier molecular flexibility index (Phi) is 4.06. The van der Waals surface area contributed by atoms with Crippen molar-refractivity contribution >= 4 is 0 Å². The Labute approximate surface area is 125 Å². The van der Waals surface area contributed by atoms with Gasteiger partial charge in [0.1, 0.15) is 13.2 Å². The van der Waals surface area contributed by atoms with E-state index in [4.69, 9.17) is 9.47 Å². The van der Waals surface area contributed by atoms with Gasteiger partial charge in [-0.3, -0.25) is 4.98 Å². The van der Waals surface area contributed by atoms with Gasteiger partial charge in [0.05, 0.1) is 0 Å². The maximum absolute atomic E-state index is 5.63. The average molecular weight is 284 g/mol. The molecule has 0 saturated carbocycles. The van der Waals surface area contributed by atoms with Crippen molar-refractivity contribution in [2.24, 2.45) is 0 Å². The van der Waals surface area contributed by atoms with Gasteiger partial charge in [0.2, 0.25) is 0 Å². The van der Waals surface area contributed by atoms with Crippen LogP contribution in [0.3, 0.4) is 0 Å². The molecule has 110 valence electrons. The Morgan fingerprint density at radius 1 is 1.19 bits per heavy atom. The minimum atomic E-state index is 0.237. The molecule has 0 bridgehead atoms. The number of hydrogen-bond acceptors (Lipinski definition) is 4. The molecule has 0 spiro atoms. The minimum absolute atomic E-state index is 0.237. The number of hydrogen-bond donors (Lipinski definition) is 1. The number of rotatable bonds is 4. The largest absolute Gasteiger partial charge is 0.486 e. The summed E-state index contributed by atoms with van der Waals surface area (Å²) in [6.45, 7) is 6.30. The van der Waals surface area contributed by atoms with E-state index in [0.29, 0.717) is 13.2 Å². The highest BCUT2D eigenvalue weighted by Gasteiger charge is 2.14. The molecule has 1 atom stereocenters. The summed E-state index contributed by atoms with van der Waals surface area (Å²) in [4.78, 5) is 4.18. The molecule has 2 heterocycles. The molecule has 1 aromatic heterocycles. The molecule has 0 amide bonds. The average Bonchev–Trinajstić information content (AvgIpc) is 2.53. The molecule has 1 unspecified atom stereocenters. The van der Waals surface area contributed by atoms with Crippen molar-refractivity contribution in [3.05, 3.63) is 53.3 Å². The molecule has 0 aliphatic carbocycles. The van der Waals surface area contributed by atoms with Gasteiger partial charge in [-0.25, -0.2) is 0 Å². The summed E-state index contributed by atoms with van der Waals surface area (Å²) < 4.78 is 11.2. The zero-order chi connectivity index (χ0) is 14.7. The summed E-state index contributed by atoms with van der Waals surface area (Å²) in [5.41, 5.74) is 3.68. The molecule has 2 aromatic rings. The van der Waals surface area contributed by atoms with E-state index in [1.165, 1.54) is 16.7 Å². The molecular formula is C17H20N2O2. The van der Waals surface area contributed by atoms with Crippen LogP contribution in [0.4, 0.5) is 0 Å². The molecule has 0 radical (unpaired) electrons. The number of nitrogens with zero attached hydrogens (tertiary/aromatic N) is 1. The first-order valence-corrected chi connectivity index (χ1v) is 7.26. The summed E-state index contributed by atoms with van der Waals surface area (Å²) in [6.07, 6.45) is 3.74. The number of fused-ring (bicyclic) bond motifs is 1. The van der Waals surface area contributed by atoms with Crippen molar-refractivity contribution in [2.75, 3.05) is 13.2 Å². The Morgan fingerprint density at radius 2 is 2.00 bits per heavy atom. The summed E-state index contributed by atoms with van der Waals surface area (Å²) in [7, 11) is 0. The first kappa shape index (κ1) is 13.9. The third kappa shape index (κ3) is 3.16. The van der Waals surface area contributed by atoms with Gasteiger partial charge in [-0.05, 0) is 48.7 Å². The number of nitrogens with one attached hydrogen (secondary N) is 1. The minimum Gasteiger partial charge on any atom is -0.486 e. The van der Waals surface area contributed by atoms with Gasteiger partial charge in [-0.15, -0.1) is 0 Å². The fraction of sp³-hybridized carbons (Fsp3) is 0.353. The van der Waals surface area contributed by atoms with E-state index in [9.17, 15) is 0 Å². The van der Waals surface area contributed by atoms with Crippen LogP contribution in [0.2, 0.25) is 0 Å². The van der Waals surface area contributed by atoms with E-state index in [0.717, 1.165) is 18.0 Å². The van der Waals surface area contributed by atoms with Crippen LogP contribution >= 0.6 is 0 Å². The Hall–Kier alpha value is -2.07. The normalized spacial score (nSPS) is 14.8. The predicted molar refractivity (Wildman–Crippen MR) is 81.7 cm³/mol. The number of aromatic nitrogens is 1. The van der Waals surface area contributed by atoms with Crippen molar-refractivity contribution in [1.82, 2.24) is 10.3 Å². The molecule has 1 aromatic carbocycles. The highest BCUT2D eigenvalue weighted by molar-refractivity contribution is 5.44. The summed E-state index contributed by atoms with van der Waals surface area (Å²) in [6, 6.07) is 8.40. The van der Waals surface area contributed by atoms with Gasteiger partial charge in [0.15, 0.2) is 11.5 Å². The first-order valence-electron chi connectivity index (χ1n) is 7.26. The molecule has 1 aliphatic heterocycles. The van der Waals surface area contributed by atoms with E-state index in [1.54, 1.807) is 0 Å². The second-order valence-corrected chi connectivity index (χ2v) is 5.31. The lowest BCUT2D eigenvalue weighted by Gasteiger charge is -2.21. The van der Waals surface area contributed by atoms with Crippen LogP contribution in [0.25, 0.3) is 0 Å². The van der Waals surface area contributed by atoms with E-state index >= 15 is 0 Å². The third-order valence-corrected chi connectivity index (χ3v) is 3.81. The quantitative estimate of drug-likeness (QED) is 0.937. The molecule has 4 nitrogen and oxygen atoms in total. The standard InChI is InChI=1S/C17H20N2O2/c1-12-5-6-18-10-15(12)11-19-13(2)14-3-4-16-17(9-14)21-8-7-20-16/h3-6,9-10,13,19H,7-8,11H2,1-2H3. The second-order valence-electron chi connectivity index (χ2n) is 5.31. The summed E-state index contributed by atoms with van der Waals surface area (Å²) in [5.74, 6) is 1.67. The van der Waals surface area contributed by atoms with Crippen molar-refractivity contribution in [1.29, 1.82) is 0 Å². The van der Waals surface area contributed by atoms with E-state index in [2.05, 4.69) is 36.3 Å². The van der Waals surface area contributed by atoms with Crippen molar-refractivity contribution in [2.45, 2.75) is 26.4 Å². The van der Waals surface area contributed by atoms with Crippen molar-refractivity contribution in [3.8, 4) is 11.5 Å². The lowest BCUT2D eigenvalue weighted by Crippen LogP contribution is -2.20. The van der Waals surface area contributed by atoms with Gasteiger partial charge in [-0.1, -0.05) is 6.07 Å². The van der Waals surface area contributed by atoms with Crippen LogP contribution in [-0.2, 0) is 6.54 Å². The molecule has 21 heavy (non-hydrogen) atoms. The Morgan fingerprint density at radius 3 is 2.81 bits per heavy atom. The third-order valence-electron chi connectivity index (χ3n) is 3.81. The smallest absolute Gasteiger partial charge is 0.161 e. The first-order chi connectivity index (χ1) is 10.2. The molecule has 0 saturated heterocycles. The van der Waals surface area contributed by atoms with E-state index in [-0.39, 0.29) is 6.04 Å². The lowest BCUT2D eigenvalue weighted by atomic mass is 10.1. The second kappa shape index (κ2) is 6.14. The van der Waals surface area contributed by atoms with E-state index in [1.807, 2.05) is 24.5 Å². The zero-order valence-electron chi connectivity index (χ0n) is 12.4. The van der Waals surface area contributed by atoms with Crippen molar-refractivity contribution in [3.63, 3.8) is 0 Å². The number of aryl methyl sites for hydroxylation is 1. The number of benzene rings is 1. The molecular weight excluding hydrogens is 264 g/mol. The molecule has 1 aliphatic rings. The summed E-state index contributed by atoms with van der Waals surface area (Å²) >= 11 is 0. The molecule has 1 N–H and O–H groups in total. The topological polar surface area (TPSA) is 43.4 Å². The van der Waals surface area contributed by atoms with Crippen LogP contribution in [0, 0.1) is 6.92 Å². The molecule has 3 rings (SSSR count). The van der Waals surface area contributed by atoms with Crippen LogP contribution in [0.5, 0.6) is 11.5 Å². The van der Waals surface area contributed by atoms with Crippen molar-refractivity contribution < 1.29 is 9.47 Å². The fourth-order valence-corrected chi connectivity index (χ4v) is 2.39. The van der Waals surface area contributed by atoms with Gasteiger partial charge < -0.3 is 14.8 Å². The van der Waals surface area contributed by atoms with Gasteiger partial charge in [0, 0.05) is 25.0 Å². The maximum atomic E-state index is 5.63. The van der Waals surface area contributed by atoms with Gasteiger partial charge in [0.25, 0.3) is 0 Å². The van der Waals surface area contributed by atoms with Crippen LogP contribution in [-0.4, -0.2) is 18.2 Å².